The molecule has 1 aliphatic carbocycles. The Morgan fingerprint density at radius 2 is 1.18 bits per heavy atom. The van der Waals surface area contributed by atoms with Crippen LogP contribution >= 0.6 is 22.6 Å². The van der Waals surface area contributed by atoms with E-state index in [9.17, 15) is 4.79 Å². The monoisotopic (exact) mass is 566 g/mol. The Morgan fingerprint density at radius 1 is 0.706 bits per heavy atom. The molecular formula is C29H27IO4. The molecule has 34 heavy (non-hydrogen) atoms. The smallest absolute Gasteiger partial charge is 0.199 e. The van der Waals surface area contributed by atoms with Crippen molar-refractivity contribution in [3.8, 4) is 0 Å². The molecule has 0 bridgehead atoms. The molecule has 1 atom stereocenters. The van der Waals surface area contributed by atoms with Crippen LogP contribution in [0.15, 0.2) is 114 Å². The van der Waals surface area contributed by atoms with Crippen molar-refractivity contribution >= 4 is 28.4 Å². The minimum atomic E-state index is -0.308. The Labute approximate surface area is 214 Å². The van der Waals surface area contributed by atoms with Gasteiger partial charge in [0.15, 0.2) is 11.5 Å². The minimum absolute atomic E-state index is 0.143. The predicted molar refractivity (Wildman–Crippen MR) is 141 cm³/mol. The van der Waals surface area contributed by atoms with Gasteiger partial charge in [-0.15, -0.1) is 0 Å². The Bertz CT molecular complexity index is 1120. The molecule has 1 unspecified atom stereocenters. The molecular weight excluding hydrogens is 539 g/mol. The number of Topliss-reactive ketones (excluding diaryl/α,β-unsaturated/α-hetero) is 1. The number of ketones is 1. The van der Waals surface area contributed by atoms with Crippen molar-refractivity contribution < 1.29 is 19.0 Å². The third-order valence-corrected chi connectivity index (χ3v) is 6.25. The molecule has 4 nitrogen and oxygen atoms in total. The molecule has 0 aliphatic heterocycles. The molecule has 0 amide bonds. The summed E-state index contributed by atoms with van der Waals surface area (Å²) in [6, 6.07) is 29.9. The van der Waals surface area contributed by atoms with Crippen LogP contribution in [0.3, 0.4) is 0 Å². The zero-order chi connectivity index (χ0) is 23.6. The van der Waals surface area contributed by atoms with E-state index in [-0.39, 0.29) is 11.7 Å². The largest absolute Gasteiger partial charge is 0.489 e. The van der Waals surface area contributed by atoms with E-state index in [0.29, 0.717) is 47.9 Å². The highest BCUT2D eigenvalue weighted by Gasteiger charge is 2.30. The summed E-state index contributed by atoms with van der Waals surface area (Å²) in [6.45, 7) is 1.15. The number of alkyl halides is 1. The summed E-state index contributed by atoms with van der Waals surface area (Å²) in [4.78, 5) is 12.7. The van der Waals surface area contributed by atoms with Gasteiger partial charge in [0.2, 0.25) is 0 Å². The number of halogens is 1. The molecule has 0 fully saturated rings. The van der Waals surface area contributed by atoms with Crippen molar-refractivity contribution in [1.29, 1.82) is 0 Å². The molecule has 1 aliphatic rings. The average molecular weight is 566 g/mol. The van der Waals surface area contributed by atoms with Crippen molar-refractivity contribution in [3.63, 3.8) is 0 Å². The van der Waals surface area contributed by atoms with E-state index in [0.717, 1.165) is 16.7 Å². The molecule has 174 valence electrons. The van der Waals surface area contributed by atoms with Crippen molar-refractivity contribution in [2.45, 2.75) is 26.2 Å². The molecule has 0 spiro atoms. The fourth-order valence-electron chi connectivity index (χ4n) is 3.65. The van der Waals surface area contributed by atoms with E-state index in [1.807, 2.05) is 97.1 Å². The lowest BCUT2D eigenvalue weighted by molar-refractivity contribution is -0.119. The van der Waals surface area contributed by atoms with E-state index in [1.165, 1.54) is 0 Å². The van der Waals surface area contributed by atoms with Crippen LogP contribution in [0.25, 0.3) is 0 Å². The lowest BCUT2D eigenvalue weighted by Crippen LogP contribution is -2.22. The molecule has 0 N–H and O–H groups in total. The molecule has 0 radical (unpaired) electrons. The summed E-state index contributed by atoms with van der Waals surface area (Å²) >= 11 is 2.11. The number of benzene rings is 3. The summed E-state index contributed by atoms with van der Waals surface area (Å²) in [7, 11) is 0. The maximum Gasteiger partial charge on any atom is 0.199 e. The highest BCUT2D eigenvalue weighted by Crippen LogP contribution is 2.34. The molecule has 0 saturated heterocycles. The number of hydrogen-bond donors (Lipinski definition) is 0. The SMILES string of the molecule is O=C(CI)C1C=C(OCc2ccccc2)C(OCc2ccccc2)=C(OCc2ccccc2)C1. The second-order valence-electron chi connectivity index (χ2n) is 8.02. The fourth-order valence-corrected chi connectivity index (χ4v) is 4.22. The molecule has 3 aromatic carbocycles. The Balaban J connectivity index is 1.61. The first-order valence-corrected chi connectivity index (χ1v) is 12.8. The van der Waals surface area contributed by atoms with Gasteiger partial charge in [0.1, 0.15) is 31.4 Å². The molecule has 0 heterocycles. The second kappa shape index (κ2) is 12.4. The number of rotatable bonds is 11. The van der Waals surface area contributed by atoms with Crippen molar-refractivity contribution in [3.05, 3.63) is 131 Å². The Kier molecular flexibility index (Phi) is 8.79. The van der Waals surface area contributed by atoms with Gasteiger partial charge >= 0.3 is 0 Å². The summed E-state index contributed by atoms with van der Waals surface area (Å²) in [5, 5.41) is 0. The van der Waals surface area contributed by atoms with Gasteiger partial charge < -0.3 is 14.2 Å². The van der Waals surface area contributed by atoms with Crippen molar-refractivity contribution in [1.82, 2.24) is 0 Å². The van der Waals surface area contributed by atoms with Crippen LogP contribution in [-0.4, -0.2) is 10.2 Å². The van der Waals surface area contributed by atoms with Crippen LogP contribution in [0, 0.1) is 5.92 Å². The fraction of sp³-hybridized carbons (Fsp3) is 0.207. The Morgan fingerprint density at radius 3 is 1.68 bits per heavy atom. The number of hydrogen-bond acceptors (Lipinski definition) is 4. The number of carbonyl (C=O) groups is 1. The van der Waals surface area contributed by atoms with E-state index in [4.69, 9.17) is 14.2 Å². The number of carbonyl (C=O) groups excluding carboxylic acids is 1. The quantitative estimate of drug-likeness (QED) is 0.190. The summed E-state index contributed by atoms with van der Waals surface area (Å²) in [6.07, 6.45) is 2.34. The van der Waals surface area contributed by atoms with Gasteiger partial charge in [-0.1, -0.05) is 114 Å². The number of ether oxygens (including phenoxy) is 3. The minimum Gasteiger partial charge on any atom is -0.489 e. The Hall–Kier alpha value is -3.06. The van der Waals surface area contributed by atoms with Gasteiger partial charge in [-0.3, -0.25) is 4.79 Å². The van der Waals surface area contributed by atoms with Gasteiger partial charge in [-0.25, -0.2) is 0 Å². The topological polar surface area (TPSA) is 44.8 Å². The van der Waals surface area contributed by atoms with Crippen molar-refractivity contribution in [2.24, 2.45) is 5.92 Å². The van der Waals surface area contributed by atoms with Crippen LogP contribution in [-0.2, 0) is 38.8 Å². The molecule has 0 aromatic heterocycles. The first-order chi connectivity index (χ1) is 16.7. The molecule has 3 aromatic rings. The van der Waals surface area contributed by atoms with Crippen LogP contribution < -0.4 is 0 Å². The van der Waals surface area contributed by atoms with Crippen LogP contribution in [0.5, 0.6) is 0 Å². The number of allylic oxidation sites excluding steroid dienone is 2. The highest BCUT2D eigenvalue weighted by atomic mass is 127. The highest BCUT2D eigenvalue weighted by molar-refractivity contribution is 14.1. The molecule has 5 heteroatoms. The maximum absolute atomic E-state index is 12.7. The van der Waals surface area contributed by atoms with Gasteiger partial charge in [-0.05, 0) is 22.8 Å². The van der Waals surface area contributed by atoms with Crippen molar-refractivity contribution in [2.75, 3.05) is 4.43 Å². The van der Waals surface area contributed by atoms with Gasteiger partial charge in [0.25, 0.3) is 0 Å². The standard InChI is InChI=1S/C29H27IO4/c30-18-26(31)25-16-27(32-19-22-10-4-1-5-11-22)29(34-21-24-14-8-3-9-15-24)28(17-25)33-20-23-12-6-2-7-13-23/h1-16,25H,17-21H2. The maximum atomic E-state index is 12.7. The summed E-state index contributed by atoms with van der Waals surface area (Å²) in [5.74, 6) is 1.60. The normalized spacial score (nSPS) is 15.4. The first-order valence-electron chi connectivity index (χ1n) is 11.3. The molecule has 0 saturated carbocycles. The summed E-state index contributed by atoms with van der Waals surface area (Å²) < 4.78 is 19.2. The van der Waals surface area contributed by atoms with Gasteiger partial charge in [0.05, 0.1) is 4.43 Å². The first kappa shape index (κ1) is 24.1. The predicted octanol–water partition coefficient (Wildman–Crippen LogP) is 6.76. The van der Waals surface area contributed by atoms with Gasteiger partial charge in [0, 0.05) is 12.3 Å². The van der Waals surface area contributed by atoms with Gasteiger partial charge in [-0.2, -0.15) is 0 Å². The lowest BCUT2D eigenvalue weighted by Gasteiger charge is -2.26. The van der Waals surface area contributed by atoms with E-state index in [1.54, 1.807) is 0 Å². The third-order valence-electron chi connectivity index (χ3n) is 5.50. The third kappa shape index (κ3) is 6.73. The van der Waals surface area contributed by atoms with E-state index >= 15 is 0 Å². The van der Waals surface area contributed by atoms with Crippen LogP contribution in [0.1, 0.15) is 23.1 Å². The van der Waals surface area contributed by atoms with E-state index in [2.05, 4.69) is 22.6 Å². The second-order valence-corrected chi connectivity index (χ2v) is 8.78. The zero-order valence-corrected chi connectivity index (χ0v) is 21.0. The zero-order valence-electron chi connectivity index (χ0n) is 18.9. The summed E-state index contributed by atoms with van der Waals surface area (Å²) in [5.41, 5.74) is 3.14. The average Bonchev–Trinajstić information content (AvgIpc) is 2.91. The lowest BCUT2D eigenvalue weighted by atomic mass is 9.94. The van der Waals surface area contributed by atoms with E-state index < -0.39 is 0 Å². The molecule has 4 rings (SSSR count). The van der Waals surface area contributed by atoms with Crippen LogP contribution in [0.4, 0.5) is 0 Å². The van der Waals surface area contributed by atoms with Crippen LogP contribution in [0.2, 0.25) is 0 Å².